The molecule has 1 aromatic carbocycles. The van der Waals surface area contributed by atoms with Gasteiger partial charge in [0.05, 0.1) is 10.8 Å². The molecule has 0 bridgehead atoms. The molecule has 0 spiro atoms. The number of hydrogen-bond donors (Lipinski definition) is 1. The van der Waals surface area contributed by atoms with Crippen molar-refractivity contribution in [1.82, 2.24) is 4.98 Å². The second kappa shape index (κ2) is 6.89. The SMILES string of the molecule is N#Cc1ccc(N2CCC[C@H](S(=O)(=O)Nc3ccccc3)C2)nc1. The number of benzene rings is 1. The summed E-state index contributed by atoms with van der Waals surface area (Å²) in [5.41, 5.74) is 1.07. The molecular weight excluding hydrogens is 324 g/mol. The van der Waals surface area contributed by atoms with Gasteiger partial charge in [-0.1, -0.05) is 18.2 Å². The molecule has 3 rings (SSSR count). The minimum absolute atomic E-state index is 0.390. The maximum absolute atomic E-state index is 12.6. The quantitative estimate of drug-likeness (QED) is 0.922. The van der Waals surface area contributed by atoms with E-state index in [4.69, 9.17) is 5.26 Å². The van der Waals surface area contributed by atoms with E-state index < -0.39 is 15.3 Å². The zero-order valence-corrected chi connectivity index (χ0v) is 13.9. The maximum atomic E-state index is 12.6. The molecule has 6 nitrogen and oxygen atoms in total. The fourth-order valence-corrected chi connectivity index (χ4v) is 4.28. The van der Waals surface area contributed by atoms with Gasteiger partial charge >= 0.3 is 0 Å². The van der Waals surface area contributed by atoms with Gasteiger partial charge in [-0.25, -0.2) is 13.4 Å². The zero-order chi connectivity index (χ0) is 17.0. The lowest BCUT2D eigenvalue weighted by Gasteiger charge is -2.33. The third-order valence-electron chi connectivity index (χ3n) is 4.05. The third kappa shape index (κ3) is 3.66. The van der Waals surface area contributed by atoms with Gasteiger partial charge in [-0.05, 0) is 37.1 Å². The first kappa shape index (κ1) is 16.3. The molecule has 0 saturated carbocycles. The average Bonchev–Trinajstić information content (AvgIpc) is 2.62. The van der Waals surface area contributed by atoms with Crippen molar-refractivity contribution in [3.8, 4) is 6.07 Å². The number of nitrogens with zero attached hydrogens (tertiary/aromatic N) is 3. The molecule has 1 N–H and O–H groups in total. The fraction of sp³-hybridized carbons (Fsp3) is 0.294. The number of anilines is 2. The smallest absolute Gasteiger partial charge is 0.237 e. The Kier molecular flexibility index (Phi) is 4.67. The Morgan fingerprint density at radius 2 is 2.00 bits per heavy atom. The van der Waals surface area contributed by atoms with Crippen molar-refractivity contribution in [2.45, 2.75) is 18.1 Å². The molecule has 1 aromatic heterocycles. The van der Waals surface area contributed by atoms with E-state index in [1.807, 2.05) is 17.0 Å². The predicted octanol–water partition coefficient (Wildman–Crippen LogP) is 2.36. The van der Waals surface area contributed by atoms with Crippen LogP contribution in [-0.2, 0) is 10.0 Å². The van der Waals surface area contributed by atoms with Gasteiger partial charge in [0.1, 0.15) is 11.9 Å². The van der Waals surface area contributed by atoms with Crippen LogP contribution in [0.15, 0.2) is 48.7 Å². The number of pyridine rings is 1. The Morgan fingerprint density at radius 1 is 1.21 bits per heavy atom. The van der Waals surface area contributed by atoms with Gasteiger partial charge in [0, 0.05) is 25.0 Å². The Hall–Kier alpha value is -2.59. The molecule has 7 heteroatoms. The van der Waals surface area contributed by atoms with Crippen LogP contribution in [0.3, 0.4) is 0 Å². The molecule has 0 radical (unpaired) electrons. The summed E-state index contributed by atoms with van der Waals surface area (Å²) in [5, 5.41) is 8.34. The number of aromatic nitrogens is 1. The van der Waals surface area contributed by atoms with Crippen LogP contribution < -0.4 is 9.62 Å². The van der Waals surface area contributed by atoms with Gasteiger partial charge < -0.3 is 4.90 Å². The first-order valence-electron chi connectivity index (χ1n) is 7.76. The molecule has 0 aliphatic carbocycles. The summed E-state index contributed by atoms with van der Waals surface area (Å²) in [4.78, 5) is 6.22. The van der Waals surface area contributed by atoms with Crippen LogP contribution in [-0.4, -0.2) is 31.7 Å². The molecule has 1 aliphatic rings. The van der Waals surface area contributed by atoms with Crippen molar-refractivity contribution < 1.29 is 8.42 Å². The monoisotopic (exact) mass is 342 g/mol. The van der Waals surface area contributed by atoms with E-state index in [1.165, 1.54) is 6.20 Å². The lowest BCUT2D eigenvalue weighted by atomic mass is 10.1. The summed E-state index contributed by atoms with van der Waals surface area (Å²) in [7, 11) is -3.46. The second-order valence-electron chi connectivity index (χ2n) is 5.74. The van der Waals surface area contributed by atoms with Gasteiger partial charge in [0.2, 0.25) is 10.0 Å². The molecule has 1 atom stereocenters. The Bertz CT molecular complexity index is 829. The standard InChI is InChI=1S/C17H18N4O2S/c18-11-14-8-9-17(19-12-14)21-10-4-7-16(13-21)24(22,23)20-15-5-2-1-3-6-15/h1-3,5-6,8-9,12,16,20H,4,7,10,13H2/t16-/m0/s1. The van der Waals surface area contributed by atoms with Crippen LogP contribution in [0.5, 0.6) is 0 Å². The van der Waals surface area contributed by atoms with Crippen molar-refractivity contribution in [2.75, 3.05) is 22.7 Å². The molecule has 24 heavy (non-hydrogen) atoms. The number of nitrogens with one attached hydrogen (secondary N) is 1. The largest absolute Gasteiger partial charge is 0.355 e. The van der Waals surface area contributed by atoms with E-state index in [-0.39, 0.29) is 0 Å². The van der Waals surface area contributed by atoms with Crippen LogP contribution in [0, 0.1) is 11.3 Å². The van der Waals surface area contributed by atoms with Crippen molar-refractivity contribution in [1.29, 1.82) is 5.26 Å². The van der Waals surface area contributed by atoms with E-state index >= 15 is 0 Å². The van der Waals surface area contributed by atoms with Crippen molar-refractivity contribution >= 4 is 21.5 Å². The van der Waals surface area contributed by atoms with Gasteiger partial charge in [-0.15, -0.1) is 0 Å². The zero-order valence-electron chi connectivity index (χ0n) is 13.1. The van der Waals surface area contributed by atoms with Gasteiger partial charge in [-0.3, -0.25) is 4.72 Å². The maximum Gasteiger partial charge on any atom is 0.237 e. The lowest BCUT2D eigenvalue weighted by molar-refractivity contribution is 0.533. The van der Waals surface area contributed by atoms with E-state index in [9.17, 15) is 8.42 Å². The van der Waals surface area contributed by atoms with Gasteiger partial charge in [0.15, 0.2) is 0 Å². The molecule has 124 valence electrons. The highest BCUT2D eigenvalue weighted by Crippen LogP contribution is 2.23. The number of nitriles is 1. The van der Waals surface area contributed by atoms with E-state index in [0.29, 0.717) is 30.0 Å². The third-order valence-corrected chi connectivity index (χ3v) is 5.83. The highest BCUT2D eigenvalue weighted by Gasteiger charge is 2.31. The Balaban J connectivity index is 1.73. The number of hydrogen-bond acceptors (Lipinski definition) is 5. The summed E-state index contributed by atoms with van der Waals surface area (Å²) < 4.78 is 27.9. The van der Waals surface area contributed by atoms with E-state index in [1.54, 1.807) is 36.4 Å². The van der Waals surface area contributed by atoms with Crippen LogP contribution in [0.25, 0.3) is 0 Å². The normalized spacial score (nSPS) is 18.0. The number of sulfonamides is 1. The fourth-order valence-electron chi connectivity index (χ4n) is 2.79. The molecule has 0 unspecified atom stereocenters. The highest BCUT2D eigenvalue weighted by atomic mass is 32.2. The number of rotatable bonds is 4. The second-order valence-corrected chi connectivity index (χ2v) is 7.70. The van der Waals surface area contributed by atoms with Gasteiger partial charge in [0.25, 0.3) is 0 Å². The first-order valence-corrected chi connectivity index (χ1v) is 9.31. The Morgan fingerprint density at radius 3 is 2.67 bits per heavy atom. The molecule has 1 fully saturated rings. The minimum Gasteiger partial charge on any atom is -0.355 e. The van der Waals surface area contributed by atoms with Gasteiger partial charge in [-0.2, -0.15) is 5.26 Å². The number of piperidine rings is 1. The summed E-state index contributed by atoms with van der Waals surface area (Å²) >= 11 is 0. The Labute approximate surface area is 141 Å². The molecule has 2 aromatic rings. The van der Waals surface area contributed by atoms with Crippen LogP contribution in [0.2, 0.25) is 0 Å². The summed E-state index contributed by atoms with van der Waals surface area (Å²) in [6.45, 7) is 1.15. The molecule has 1 saturated heterocycles. The van der Waals surface area contributed by atoms with Crippen molar-refractivity contribution in [3.05, 3.63) is 54.2 Å². The van der Waals surface area contributed by atoms with E-state index in [2.05, 4.69) is 9.71 Å². The molecule has 1 aliphatic heterocycles. The van der Waals surface area contributed by atoms with Crippen molar-refractivity contribution in [2.24, 2.45) is 0 Å². The predicted molar refractivity (Wildman–Crippen MR) is 93.2 cm³/mol. The summed E-state index contributed by atoms with van der Waals surface area (Å²) in [5.74, 6) is 0.702. The van der Waals surface area contributed by atoms with Crippen LogP contribution in [0.4, 0.5) is 11.5 Å². The van der Waals surface area contributed by atoms with E-state index in [0.717, 1.165) is 13.0 Å². The topological polar surface area (TPSA) is 86.1 Å². The molecule has 0 amide bonds. The molecule has 2 heterocycles. The lowest BCUT2D eigenvalue weighted by Crippen LogP contribution is -2.44. The first-order chi connectivity index (χ1) is 11.6. The minimum atomic E-state index is -3.46. The average molecular weight is 342 g/mol. The number of para-hydroxylation sites is 1. The van der Waals surface area contributed by atoms with Crippen LogP contribution >= 0.6 is 0 Å². The van der Waals surface area contributed by atoms with Crippen molar-refractivity contribution in [3.63, 3.8) is 0 Å². The van der Waals surface area contributed by atoms with Crippen LogP contribution in [0.1, 0.15) is 18.4 Å². The molecular formula is C17H18N4O2S. The summed E-state index contributed by atoms with van der Waals surface area (Å²) in [6.07, 6.45) is 2.91. The summed E-state index contributed by atoms with van der Waals surface area (Å²) in [6, 6.07) is 14.4. The highest BCUT2D eigenvalue weighted by molar-refractivity contribution is 7.93.